The van der Waals surface area contributed by atoms with E-state index in [0.29, 0.717) is 29.9 Å². The van der Waals surface area contributed by atoms with Crippen molar-refractivity contribution in [3.8, 4) is 22.9 Å². The van der Waals surface area contributed by atoms with Crippen LogP contribution in [0.15, 0.2) is 41.2 Å². The Morgan fingerprint density at radius 1 is 1.17 bits per heavy atom. The number of hydrogen-bond acceptors (Lipinski definition) is 4. The van der Waals surface area contributed by atoms with Gasteiger partial charge in [0.05, 0.1) is 17.3 Å². The third-order valence-corrected chi connectivity index (χ3v) is 6.61. The molecule has 1 aromatic heterocycles. The third-order valence-electron chi connectivity index (χ3n) is 6.61. The minimum Gasteiger partial charge on any atom is -0.342 e. The molecule has 1 aliphatic carbocycles. The number of aryl methyl sites for hydroxylation is 1. The van der Waals surface area contributed by atoms with Crippen LogP contribution in [0.4, 0.5) is 4.39 Å². The standard InChI is InChI=1S/C25H24FN5O2.C2H6/c1-15-10-18(4-5-20(15)13-27)19-6-7-22(21(26)12-19)31-23(28-29-25(31)33)11-16-8-9-30(14-16)24(32)17-2-3-17;1-2/h4-7,10,12,16-17H,2-3,8-9,11,14H2,1H3,(H,29,33);1-2H3. The van der Waals surface area contributed by atoms with Gasteiger partial charge in [-0.3, -0.25) is 4.79 Å². The third kappa shape index (κ3) is 5.04. The van der Waals surface area contributed by atoms with Gasteiger partial charge in [-0.2, -0.15) is 10.4 Å². The van der Waals surface area contributed by atoms with Gasteiger partial charge in [-0.25, -0.2) is 18.9 Å². The topological polar surface area (TPSA) is 94.8 Å². The summed E-state index contributed by atoms with van der Waals surface area (Å²) in [4.78, 5) is 26.7. The van der Waals surface area contributed by atoms with Crippen LogP contribution in [-0.2, 0) is 11.2 Å². The highest BCUT2D eigenvalue weighted by Crippen LogP contribution is 2.33. The number of benzene rings is 2. The van der Waals surface area contributed by atoms with Crippen molar-refractivity contribution in [1.82, 2.24) is 19.7 Å². The molecule has 1 aliphatic heterocycles. The molecule has 2 aromatic carbocycles. The van der Waals surface area contributed by atoms with E-state index in [9.17, 15) is 9.59 Å². The summed E-state index contributed by atoms with van der Waals surface area (Å²) < 4.78 is 16.5. The molecule has 0 radical (unpaired) electrons. The minimum atomic E-state index is -0.531. The maximum Gasteiger partial charge on any atom is 0.348 e. The highest BCUT2D eigenvalue weighted by Gasteiger charge is 2.37. The van der Waals surface area contributed by atoms with E-state index in [2.05, 4.69) is 16.3 Å². The molecule has 7 nitrogen and oxygen atoms in total. The molecule has 1 saturated carbocycles. The molecule has 2 fully saturated rings. The van der Waals surface area contributed by atoms with Crippen molar-refractivity contribution < 1.29 is 9.18 Å². The van der Waals surface area contributed by atoms with Crippen LogP contribution in [-0.4, -0.2) is 38.7 Å². The first-order valence-corrected chi connectivity index (χ1v) is 12.2. The molecule has 0 spiro atoms. The second-order valence-corrected chi connectivity index (χ2v) is 9.01. The SMILES string of the molecule is CC.Cc1cc(-c2ccc(-n3c(CC4CCN(C(=O)C5CC5)C4)n[nH]c3=O)c(F)c2)ccc1C#N. The van der Waals surface area contributed by atoms with E-state index in [1.807, 2.05) is 31.7 Å². The number of carbonyl (C=O) groups excluding carboxylic acids is 1. The van der Waals surface area contributed by atoms with Crippen LogP contribution < -0.4 is 5.69 Å². The lowest BCUT2D eigenvalue weighted by Gasteiger charge is -2.16. The van der Waals surface area contributed by atoms with E-state index >= 15 is 4.39 Å². The number of H-pyrrole nitrogens is 1. The highest BCUT2D eigenvalue weighted by atomic mass is 19.1. The zero-order chi connectivity index (χ0) is 25.1. The average molecular weight is 476 g/mol. The van der Waals surface area contributed by atoms with Gasteiger partial charge in [-0.1, -0.05) is 32.0 Å². The quantitative estimate of drug-likeness (QED) is 0.593. The van der Waals surface area contributed by atoms with Crippen molar-refractivity contribution in [3.05, 3.63) is 69.7 Å². The normalized spacial score (nSPS) is 17.0. The Morgan fingerprint density at radius 3 is 2.54 bits per heavy atom. The van der Waals surface area contributed by atoms with Gasteiger partial charge in [-0.05, 0) is 67.0 Å². The van der Waals surface area contributed by atoms with Crippen molar-refractivity contribution in [2.45, 2.75) is 46.5 Å². The number of rotatable bonds is 5. The summed E-state index contributed by atoms with van der Waals surface area (Å²) in [6.45, 7) is 7.21. The molecule has 2 heterocycles. The number of nitrogens with one attached hydrogen (secondary N) is 1. The second-order valence-electron chi connectivity index (χ2n) is 9.01. The number of likely N-dealkylation sites (tertiary alicyclic amines) is 1. The number of nitrogens with zero attached hydrogens (tertiary/aromatic N) is 4. The number of aromatic amines is 1. The van der Waals surface area contributed by atoms with E-state index in [1.54, 1.807) is 24.3 Å². The molecule has 182 valence electrons. The zero-order valence-electron chi connectivity index (χ0n) is 20.3. The number of carbonyl (C=O) groups is 1. The Bertz CT molecular complexity index is 1330. The van der Waals surface area contributed by atoms with Gasteiger partial charge in [0.25, 0.3) is 0 Å². The fraction of sp³-hybridized carbons (Fsp3) is 0.407. The summed E-state index contributed by atoms with van der Waals surface area (Å²) in [7, 11) is 0. The summed E-state index contributed by atoms with van der Waals surface area (Å²) in [5.74, 6) is 0.546. The van der Waals surface area contributed by atoms with Gasteiger partial charge in [-0.15, -0.1) is 0 Å². The number of hydrogen-bond donors (Lipinski definition) is 1. The Labute approximate surface area is 204 Å². The summed E-state index contributed by atoms with van der Waals surface area (Å²) in [5.41, 5.74) is 2.50. The largest absolute Gasteiger partial charge is 0.348 e. The Balaban J connectivity index is 0.00000141. The Kier molecular flexibility index (Phi) is 7.15. The molecule has 8 heteroatoms. The lowest BCUT2D eigenvalue weighted by Crippen LogP contribution is -2.30. The fourth-order valence-electron chi connectivity index (χ4n) is 4.60. The number of amides is 1. The van der Waals surface area contributed by atoms with Crippen LogP contribution in [0.3, 0.4) is 0 Å². The molecule has 2 aliphatic rings. The van der Waals surface area contributed by atoms with Gasteiger partial charge in [0.2, 0.25) is 5.91 Å². The van der Waals surface area contributed by atoms with E-state index in [0.717, 1.165) is 36.9 Å². The van der Waals surface area contributed by atoms with Crippen LogP contribution in [0, 0.1) is 35.9 Å². The van der Waals surface area contributed by atoms with Crippen LogP contribution in [0.1, 0.15) is 50.1 Å². The maximum absolute atomic E-state index is 15.2. The van der Waals surface area contributed by atoms with E-state index in [-0.39, 0.29) is 23.4 Å². The van der Waals surface area contributed by atoms with E-state index < -0.39 is 11.5 Å². The molecule has 1 amide bonds. The first-order chi connectivity index (χ1) is 16.9. The lowest BCUT2D eigenvalue weighted by molar-refractivity contribution is -0.131. The minimum absolute atomic E-state index is 0.141. The van der Waals surface area contributed by atoms with Gasteiger partial charge >= 0.3 is 5.69 Å². The molecule has 1 saturated heterocycles. The Hall–Kier alpha value is -3.73. The molecule has 5 rings (SSSR count). The molecule has 1 N–H and O–H groups in total. The van der Waals surface area contributed by atoms with Crippen molar-refractivity contribution in [2.24, 2.45) is 11.8 Å². The first-order valence-electron chi connectivity index (χ1n) is 12.2. The Morgan fingerprint density at radius 2 is 1.89 bits per heavy atom. The van der Waals surface area contributed by atoms with Crippen LogP contribution in [0.25, 0.3) is 16.8 Å². The number of nitriles is 1. The molecule has 0 bridgehead atoms. The van der Waals surface area contributed by atoms with E-state index in [4.69, 9.17) is 5.26 Å². The molecular weight excluding hydrogens is 445 g/mol. The number of aromatic nitrogens is 3. The highest BCUT2D eigenvalue weighted by molar-refractivity contribution is 5.81. The second kappa shape index (κ2) is 10.3. The molecule has 35 heavy (non-hydrogen) atoms. The summed E-state index contributed by atoms with van der Waals surface area (Å²) in [5, 5.41) is 15.7. The van der Waals surface area contributed by atoms with Gasteiger partial charge in [0.15, 0.2) is 0 Å². The maximum atomic E-state index is 15.2. The fourth-order valence-corrected chi connectivity index (χ4v) is 4.60. The van der Waals surface area contributed by atoms with Crippen molar-refractivity contribution >= 4 is 5.91 Å². The lowest BCUT2D eigenvalue weighted by atomic mass is 10.00. The van der Waals surface area contributed by atoms with Gasteiger partial charge < -0.3 is 4.90 Å². The van der Waals surface area contributed by atoms with Crippen LogP contribution >= 0.6 is 0 Å². The van der Waals surface area contributed by atoms with Crippen LogP contribution in [0.5, 0.6) is 0 Å². The van der Waals surface area contributed by atoms with Crippen molar-refractivity contribution in [3.63, 3.8) is 0 Å². The molecule has 3 aromatic rings. The average Bonchev–Trinajstić information content (AvgIpc) is 3.52. The monoisotopic (exact) mass is 475 g/mol. The van der Waals surface area contributed by atoms with Gasteiger partial charge in [0, 0.05) is 25.4 Å². The van der Waals surface area contributed by atoms with Crippen LogP contribution in [0.2, 0.25) is 0 Å². The summed E-state index contributed by atoms with van der Waals surface area (Å²) in [6.07, 6.45) is 3.30. The summed E-state index contributed by atoms with van der Waals surface area (Å²) in [6, 6.07) is 12.2. The molecular formula is C27H30FN5O2. The first kappa shape index (κ1) is 24.4. The number of halogens is 1. The zero-order valence-corrected chi connectivity index (χ0v) is 20.3. The van der Waals surface area contributed by atoms with Crippen molar-refractivity contribution in [1.29, 1.82) is 5.26 Å². The van der Waals surface area contributed by atoms with Crippen molar-refractivity contribution in [2.75, 3.05) is 13.1 Å². The molecule has 1 unspecified atom stereocenters. The van der Waals surface area contributed by atoms with Gasteiger partial charge in [0.1, 0.15) is 11.6 Å². The van der Waals surface area contributed by atoms with E-state index in [1.165, 1.54) is 10.6 Å². The summed E-state index contributed by atoms with van der Waals surface area (Å²) >= 11 is 0. The molecule has 1 atom stereocenters. The predicted molar refractivity (Wildman–Crippen MR) is 131 cm³/mol. The predicted octanol–water partition coefficient (Wildman–Crippen LogP) is 4.37. The smallest absolute Gasteiger partial charge is 0.342 e.